The van der Waals surface area contributed by atoms with E-state index in [2.05, 4.69) is 10.3 Å². The van der Waals surface area contributed by atoms with Crippen LogP contribution in [0, 0.1) is 5.92 Å². The molecule has 1 aliphatic rings. The lowest BCUT2D eigenvalue weighted by Gasteiger charge is -2.34. The Morgan fingerprint density at radius 2 is 2.14 bits per heavy atom. The topological polar surface area (TPSA) is 71.5 Å². The molecular weight excluding hydrogens is 394 g/mol. The van der Waals surface area contributed by atoms with Gasteiger partial charge in [0.25, 0.3) is 0 Å². The number of carbonyl (C=O) groups excluding carboxylic acids is 2. The van der Waals surface area contributed by atoms with Gasteiger partial charge in [0, 0.05) is 19.6 Å². The van der Waals surface area contributed by atoms with Crippen molar-refractivity contribution in [2.45, 2.75) is 43.6 Å². The minimum absolute atomic E-state index is 0.00125. The second-order valence-electron chi connectivity index (χ2n) is 7.97. The lowest BCUT2D eigenvalue weighted by molar-refractivity contribution is -0.118. The molecule has 1 fully saturated rings. The van der Waals surface area contributed by atoms with Gasteiger partial charge in [0.05, 0.1) is 16.0 Å². The van der Waals surface area contributed by atoms with Crippen LogP contribution in [-0.4, -0.2) is 52.9 Å². The zero-order valence-electron chi connectivity index (χ0n) is 16.6. The summed E-state index contributed by atoms with van der Waals surface area (Å²) < 4.78 is 7.50. The number of thiazole rings is 1. The maximum absolute atomic E-state index is 12.2. The fourth-order valence-electron chi connectivity index (χ4n) is 3.07. The summed E-state index contributed by atoms with van der Waals surface area (Å²) in [5.41, 5.74) is 0.482. The van der Waals surface area contributed by atoms with Gasteiger partial charge in [-0.3, -0.25) is 4.79 Å². The Kier molecular flexibility index (Phi) is 6.82. The van der Waals surface area contributed by atoms with E-state index in [1.807, 2.05) is 45.0 Å². The molecule has 1 aliphatic heterocycles. The second kappa shape index (κ2) is 9.13. The van der Waals surface area contributed by atoms with Crippen LogP contribution < -0.4 is 5.32 Å². The first-order valence-electron chi connectivity index (χ1n) is 9.53. The number of benzene rings is 1. The standard InChI is InChI=1S/C20H27N3O3S2/c1-20(2,3)26-19(25)23-10-6-7-14(12-23)11-21-17(24)13-27-18-22-15-8-4-5-9-16(15)28-18/h4-5,8-9,14H,6-7,10-13H2,1-3H3,(H,21,24). The molecule has 8 heteroatoms. The Labute approximate surface area is 174 Å². The highest BCUT2D eigenvalue weighted by Crippen LogP contribution is 2.29. The molecule has 1 atom stereocenters. The number of likely N-dealkylation sites (tertiary alicyclic amines) is 1. The third kappa shape index (κ3) is 6.10. The molecule has 1 N–H and O–H groups in total. The lowest BCUT2D eigenvalue weighted by Crippen LogP contribution is -2.45. The summed E-state index contributed by atoms with van der Waals surface area (Å²) in [6.07, 6.45) is 1.67. The fraction of sp³-hybridized carbons (Fsp3) is 0.550. The van der Waals surface area contributed by atoms with Crippen molar-refractivity contribution in [2.24, 2.45) is 5.92 Å². The summed E-state index contributed by atoms with van der Waals surface area (Å²) in [4.78, 5) is 30.7. The van der Waals surface area contributed by atoms with Crippen molar-refractivity contribution in [2.75, 3.05) is 25.4 Å². The molecule has 152 valence electrons. The molecule has 0 bridgehead atoms. The van der Waals surface area contributed by atoms with Crippen molar-refractivity contribution >= 4 is 45.3 Å². The van der Waals surface area contributed by atoms with E-state index in [9.17, 15) is 9.59 Å². The van der Waals surface area contributed by atoms with Crippen LogP contribution in [0.4, 0.5) is 4.79 Å². The number of amides is 2. The van der Waals surface area contributed by atoms with Gasteiger partial charge in [0.15, 0.2) is 4.34 Å². The molecule has 28 heavy (non-hydrogen) atoms. The number of fused-ring (bicyclic) bond motifs is 1. The molecule has 0 aliphatic carbocycles. The summed E-state index contributed by atoms with van der Waals surface area (Å²) in [6.45, 7) is 7.53. The molecule has 1 aromatic heterocycles. The predicted octanol–water partition coefficient (Wildman–Crippen LogP) is 4.15. The van der Waals surface area contributed by atoms with Crippen LogP contribution in [0.5, 0.6) is 0 Å². The predicted molar refractivity (Wildman–Crippen MR) is 114 cm³/mol. The van der Waals surface area contributed by atoms with E-state index in [-0.39, 0.29) is 17.9 Å². The van der Waals surface area contributed by atoms with E-state index in [4.69, 9.17) is 4.74 Å². The maximum atomic E-state index is 12.2. The van der Waals surface area contributed by atoms with Gasteiger partial charge >= 0.3 is 6.09 Å². The largest absolute Gasteiger partial charge is 0.444 e. The number of nitrogens with one attached hydrogen (secondary N) is 1. The average molecular weight is 422 g/mol. The third-order valence-electron chi connectivity index (χ3n) is 4.36. The van der Waals surface area contributed by atoms with Crippen molar-refractivity contribution in [3.05, 3.63) is 24.3 Å². The number of para-hydroxylation sites is 1. The molecule has 1 aromatic carbocycles. The van der Waals surface area contributed by atoms with Crippen LogP contribution in [0.3, 0.4) is 0 Å². The van der Waals surface area contributed by atoms with Crippen LogP contribution >= 0.6 is 23.1 Å². The number of hydrogen-bond donors (Lipinski definition) is 1. The molecule has 2 amide bonds. The zero-order chi connectivity index (χ0) is 20.1. The van der Waals surface area contributed by atoms with Gasteiger partial charge in [-0.2, -0.15) is 0 Å². The summed E-state index contributed by atoms with van der Waals surface area (Å²) in [5, 5.41) is 3.00. The monoisotopic (exact) mass is 421 g/mol. The van der Waals surface area contributed by atoms with E-state index in [0.717, 1.165) is 27.4 Å². The Morgan fingerprint density at radius 1 is 1.36 bits per heavy atom. The molecule has 1 unspecified atom stereocenters. The minimum atomic E-state index is -0.490. The van der Waals surface area contributed by atoms with Gasteiger partial charge in [0.1, 0.15) is 5.60 Å². The maximum Gasteiger partial charge on any atom is 0.410 e. The van der Waals surface area contributed by atoms with Gasteiger partial charge in [-0.05, 0) is 51.7 Å². The average Bonchev–Trinajstić information content (AvgIpc) is 3.06. The lowest BCUT2D eigenvalue weighted by atomic mass is 9.98. The van der Waals surface area contributed by atoms with Crippen molar-refractivity contribution < 1.29 is 14.3 Å². The van der Waals surface area contributed by atoms with Crippen molar-refractivity contribution in [1.82, 2.24) is 15.2 Å². The van der Waals surface area contributed by atoms with E-state index in [0.29, 0.717) is 25.4 Å². The molecule has 6 nitrogen and oxygen atoms in total. The smallest absolute Gasteiger partial charge is 0.410 e. The SMILES string of the molecule is CC(C)(C)OC(=O)N1CCCC(CNC(=O)CSc2nc3ccccc3s2)C1. The van der Waals surface area contributed by atoms with Gasteiger partial charge in [0.2, 0.25) is 5.91 Å². The molecule has 0 saturated carbocycles. The van der Waals surface area contributed by atoms with E-state index < -0.39 is 5.60 Å². The molecule has 2 aromatic rings. The quantitative estimate of drug-likeness (QED) is 0.734. The summed E-state index contributed by atoms with van der Waals surface area (Å²) in [7, 11) is 0. The number of piperidine rings is 1. The minimum Gasteiger partial charge on any atom is -0.444 e. The zero-order valence-corrected chi connectivity index (χ0v) is 18.2. The molecule has 0 spiro atoms. The third-order valence-corrected chi connectivity index (χ3v) is 6.54. The number of thioether (sulfide) groups is 1. The number of rotatable bonds is 5. The van der Waals surface area contributed by atoms with Crippen LogP contribution in [0.2, 0.25) is 0 Å². The van der Waals surface area contributed by atoms with Crippen molar-refractivity contribution in [3.8, 4) is 0 Å². The number of hydrogen-bond acceptors (Lipinski definition) is 6. The van der Waals surface area contributed by atoms with Gasteiger partial charge < -0.3 is 15.0 Å². The van der Waals surface area contributed by atoms with Crippen LogP contribution in [0.15, 0.2) is 28.6 Å². The normalized spacial score (nSPS) is 17.5. The highest BCUT2D eigenvalue weighted by molar-refractivity contribution is 8.01. The number of nitrogens with zero attached hydrogens (tertiary/aromatic N) is 2. The van der Waals surface area contributed by atoms with Crippen LogP contribution in [0.25, 0.3) is 10.2 Å². The van der Waals surface area contributed by atoms with Crippen LogP contribution in [0.1, 0.15) is 33.6 Å². The molecule has 2 heterocycles. The Hall–Kier alpha value is -1.80. The van der Waals surface area contributed by atoms with E-state index >= 15 is 0 Å². The van der Waals surface area contributed by atoms with Gasteiger partial charge in [-0.25, -0.2) is 9.78 Å². The highest BCUT2D eigenvalue weighted by Gasteiger charge is 2.27. The van der Waals surface area contributed by atoms with Crippen molar-refractivity contribution in [1.29, 1.82) is 0 Å². The Bertz CT molecular complexity index is 798. The first-order valence-corrected chi connectivity index (χ1v) is 11.3. The number of aromatic nitrogens is 1. The first kappa shape index (κ1) is 20.9. The van der Waals surface area contributed by atoms with Crippen molar-refractivity contribution in [3.63, 3.8) is 0 Å². The van der Waals surface area contributed by atoms with E-state index in [1.54, 1.807) is 16.2 Å². The Morgan fingerprint density at radius 3 is 2.89 bits per heavy atom. The molecule has 3 rings (SSSR count). The highest BCUT2D eigenvalue weighted by atomic mass is 32.2. The summed E-state index contributed by atoms with van der Waals surface area (Å²) >= 11 is 3.07. The van der Waals surface area contributed by atoms with Gasteiger partial charge in [-0.1, -0.05) is 23.9 Å². The number of carbonyl (C=O) groups is 2. The van der Waals surface area contributed by atoms with Crippen LogP contribution in [-0.2, 0) is 9.53 Å². The number of ether oxygens (including phenoxy) is 1. The molecule has 0 radical (unpaired) electrons. The first-order chi connectivity index (χ1) is 13.3. The summed E-state index contributed by atoms with van der Waals surface area (Å²) in [5.74, 6) is 0.610. The Balaban J connectivity index is 1.41. The fourth-order valence-corrected chi connectivity index (χ4v) is 4.97. The molecular formula is C20H27N3O3S2. The van der Waals surface area contributed by atoms with Gasteiger partial charge in [-0.15, -0.1) is 11.3 Å². The summed E-state index contributed by atoms with van der Waals surface area (Å²) in [6, 6.07) is 7.98. The van der Waals surface area contributed by atoms with E-state index in [1.165, 1.54) is 11.8 Å². The second-order valence-corrected chi connectivity index (χ2v) is 10.2. The molecule has 1 saturated heterocycles.